The molecule has 0 saturated carbocycles. The van der Waals surface area contributed by atoms with Crippen molar-refractivity contribution in [3.8, 4) is 28.4 Å². The molecule has 4 aromatic rings. The second-order valence-corrected chi connectivity index (χ2v) is 8.89. The van der Waals surface area contributed by atoms with E-state index in [1.807, 2.05) is 4.72 Å². The van der Waals surface area contributed by atoms with Crippen molar-refractivity contribution < 1.29 is 35.5 Å². The molecule has 0 spiro atoms. The van der Waals surface area contributed by atoms with Crippen molar-refractivity contribution in [3.63, 3.8) is 0 Å². The lowest BCUT2D eigenvalue weighted by molar-refractivity contribution is -0.274. The van der Waals surface area contributed by atoms with Crippen LogP contribution in [-0.2, 0) is 10.0 Å². The highest BCUT2D eigenvalue weighted by Gasteiger charge is 2.31. The normalized spacial score (nSPS) is 11.7. The molecule has 2 aromatic heterocycles. The average Bonchev–Trinajstić information content (AvgIpc) is 2.82. The van der Waals surface area contributed by atoms with Gasteiger partial charge in [0.15, 0.2) is 0 Å². The number of hydrogen-bond donors (Lipinski definition) is 1. The molecule has 4 rings (SSSR count). The third kappa shape index (κ3) is 5.95. The molecule has 0 aliphatic carbocycles. The van der Waals surface area contributed by atoms with Crippen molar-refractivity contribution in [2.24, 2.45) is 0 Å². The van der Waals surface area contributed by atoms with Gasteiger partial charge in [0.05, 0.1) is 17.4 Å². The van der Waals surface area contributed by atoms with Gasteiger partial charge in [0.2, 0.25) is 5.95 Å². The topological polar surface area (TPSA) is 116 Å². The van der Waals surface area contributed by atoms with Crippen LogP contribution in [0.3, 0.4) is 0 Å². The van der Waals surface area contributed by atoms with Gasteiger partial charge in [-0.1, -0.05) is 11.6 Å². The quantitative estimate of drug-likeness (QED) is 0.317. The first-order valence-corrected chi connectivity index (χ1v) is 11.5. The molecule has 0 bridgehead atoms. The smallest absolute Gasteiger partial charge is 0.455 e. The first kappa shape index (κ1) is 25.1. The van der Waals surface area contributed by atoms with Crippen molar-refractivity contribution in [3.05, 3.63) is 78.1 Å². The van der Waals surface area contributed by atoms with E-state index >= 15 is 0 Å². The van der Waals surface area contributed by atoms with Crippen molar-refractivity contribution >= 4 is 27.6 Å². The lowest BCUT2D eigenvalue weighted by Crippen LogP contribution is -2.17. The van der Waals surface area contributed by atoms with Crippen LogP contribution in [0, 0.1) is 5.82 Å². The van der Waals surface area contributed by atoms with Gasteiger partial charge < -0.3 is 9.47 Å². The number of rotatable bonds is 7. The van der Waals surface area contributed by atoms with E-state index in [0.29, 0.717) is 5.56 Å². The zero-order valence-corrected chi connectivity index (χ0v) is 19.1. The Bertz CT molecular complexity index is 1490. The van der Waals surface area contributed by atoms with E-state index in [-0.39, 0.29) is 28.0 Å². The summed E-state index contributed by atoms with van der Waals surface area (Å²) in [5.41, 5.74) is 0.387. The molecule has 2 heterocycles. The molecular formula is C21H12ClF4N5O4S. The zero-order valence-electron chi connectivity index (χ0n) is 17.6. The molecule has 1 N–H and O–H groups in total. The van der Waals surface area contributed by atoms with Crippen LogP contribution in [0.5, 0.6) is 17.2 Å². The number of nitrogens with one attached hydrogen (secondary N) is 1. The lowest BCUT2D eigenvalue weighted by Gasteiger charge is -2.16. The predicted molar refractivity (Wildman–Crippen MR) is 118 cm³/mol. The number of sulfonamides is 1. The molecule has 0 aliphatic rings. The molecule has 0 unspecified atom stereocenters. The minimum absolute atomic E-state index is 0.0507. The second kappa shape index (κ2) is 9.91. The predicted octanol–water partition coefficient (Wildman–Crippen LogP) is 5.22. The van der Waals surface area contributed by atoms with Gasteiger partial charge in [-0.15, -0.1) is 13.2 Å². The summed E-state index contributed by atoms with van der Waals surface area (Å²) in [4.78, 5) is 6.62. The number of aromatic nitrogens is 4. The Labute approximate surface area is 205 Å². The fourth-order valence-corrected chi connectivity index (χ4v) is 4.22. The SMILES string of the molecule is O=S(=O)(Nc1ncccn1)c1cc(Cl)c(Oc2ccc(OC(F)(F)F)cc2-c2ccnnc2)cc1F. The van der Waals surface area contributed by atoms with Crippen molar-refractivity contribution in [1.82, 2.24) is 20.2 Å². The Balaban J connectivity index is 1.69. The largest absolute Gasteiger partial charge is 0.573 e. The maximum atomic E-state index is 14.8. The van der Waals surface area contributed by atoms with E-state index in [0.717, 1.165) is 30.3 Å². The van der Waals surface area contributed by atoms with Crippen molar-refractivity contribution in [2.45, 2.75) is 11.3 Å². The standard InChI is InChI=1S/C21H12ClF4N5O4S/c22-15-9-19(36(32,33)31-20-27-5-1-6-28-20)16(23)10-18(15)34-17-3-2-13(35-21(24,25)26)8-14(17)12-4-7-29-30-11-12/h1-11H,(H,27,28,31). The van der Waals surface area contributed by atoms with E-state index in [1.165, 1.54) is 36.9 Å². The molecule has 186 valence electrons. The maximum absolute atomic E-state index is 14.8. The van der Waals surface area contributed by atoms with E-state index in [1.54, 1.807) is 0 Å². The van der Waals surface area contributed by atoms with Crippen LogP contribution in [0.1, 0.15) is 0 Å². The summed E-state index contributed by atoms with van der Waals surface area (Å²) < 4.78 is 89.7. The highest BCUT2D eigenvalue weighted by Crippen LogP contribution is 2.40. The fourth-order valence-electron chi connectivity index (χ4n) is 2.91. The summed E-state index contributed by atoms with van der Waals surface area (Å²) >= 11 is 6.17. The Morgan fingerprint density at radius 3 is 2.36 bits per heavy atom. The molecule has 9 nitrogen and oxygen atoms in total. The highest BCUT2D eigenvalue weighted by molar-refractivity contribution is 7.92. The second-order valence-electron chi connectivity index (χ2n) is 6.83. The van der Waals surface area contributed by atoms with Crippen LogP contribution in [0.4, 0.5) is 23.5 Å². The average molecular weight is 542 g/mol. The van der Waals surface area contributed by atoms with Gasteiger partial charge in [0, 0.05) is 29.6 Å². The Kier molecular flexibility index (Phi) is 6.90. The Morgan fingerprint density at radius 2 is 1.69 bits per heavy atom. The van der Waals surface area contributed by atoms with E-state index < -0.39 is 32.8 Å². The van der Waals surface area contributed by atoms with Gasteiger partial charge in [0.1, 0.15) is 28.0 Å². The first-order valence-electron chi connectivity index (χ1n) is 9.65. The third-order valence-electron chi connectivity index (χ3n) is 4.37. The third-order valence-corrected chi connectivity index (χ3v) is 6.01. The van der Waals surface area contributed by atoms with Gasteiger partial charge in [-0.05, 0) is 36.4 Å². The monoisotopic (exact) mass is 541 g/mol. The molecule has 0 aliphatic heterocycles. The Hall–Kier alpha value is -4.04. The number of ether oxygens (including phenoxy) is 2. The van der Waals surface area contributed by atoms with E-state index in [9.17, 15) is 26.0 Å². The van der Waals surface area contributed by atoms with Crippen LogP contribution in [0.25, 0.3) is 11.1 Å². The van der Waals surface area contributed by atoms with Gasteiger partial charge in [-0.3, -0.25) is 0 Å². The lowest BCUT2D eigenvalue weighted by atomic mass is 10.1. The number of halogens is 5. The molecule has 2 aromatic carbocycles. The Morgan fingerprint density at radius 1 is 0.944 bits per heavy atom. The fraction of sp³-hybridized carbons (Fsp3) is 0.0476. The number of anilines is 1. The summed E-state index contributed by atoms with van der Waals surface area (Å²) in [6.45, 7) is 0. The molecule has 15 heteroatoms. The molecule has 0 radical (unpaired) electrons. The summed E-state index contributed by atoms with van der Waals surface area (Å²) in [5.74, 6) is -2.41. The maximum Gasteiger partial charge on any atom is 0.573 e. The molecule has 0 saturated heterocycles. The summed E-state index contributed by atoms with van der Waals surface area (Å²) in [6, 6.07) is 7.59. The van der Waals surface area contributed by atoms with Crippen LogP contribution < -0.4 is 14.2 Å². The van der Waals surface area contributed by atoms with Gasteiger partial charge >= 0.3 is 6.36 Å². The minimum atomic E-state index is -4.94. The van der Waals surface area contributed by atoms with Crippen LogP contribution in [-0.4, -0.2) is 34.9 Å². The first-order chi connectivity index (χ1) is 17.0. The van der Waals surface area contributed by atoms with Gasteiger partial charge in [0.25, 0.3) is 10.0 Å². The van der Waals surface area contributed by atoms with Crippen LogP contribution >= 0.6 is 11.6 Å². The minimum Gasteiger partial charge on any atom is -0.455 e. The highest BCUT2D eigenvalue weighted by atomic mass is 35.5. The number of nitrogens with zero attached hydrogens (tertiary/aromatic N) is 4. The van der Waals surface area contributed by atoms with Crippen molar-refractivity contribution in [2.75, 3.05) is 4.72 Å². The number of benzene rings is 2. The molecule has 0 amide bonds. The molecule has 36 heavy (non-hydrogen) atoms. The summed E-state index contributed by atoms with van der Waals surface area (Å²) in [6.07, 6.45) is 0.182. The number of alkyl halides is 3. The molecular weight excluding hydrogens is 530 g/mol. The van der Waals surface area contributed by atoms with Crippen LogP contribution in [0.2, 0.25) is 5.02 Å². The molecule has 0 atom stereocenters. The summed E-state index contributed by atoms with van der Waals surface area (Å²) in [5, 5.41) is 6.98. The summed E-state index contributed by atoms with van der Waals surface area (Å²) in [7, 11) is -4.46. The van der Waals surface area contributed by atoms with E-state index in [4.69, 9.17) is 16.3 Å². The van der Waals surface area contributed by atoms with Gasteiger partial charge in [-0.25, -0.2) is 27.5 Å². The van der Waals surface area contributed by atoms with Crippen LogP contribution in [0.15, 0.2) is 72.1 Å². The molecule has 0 fully saturated rings. The van der Waals surface area contributed by atoms with E-state index in [2.05, 4.69) is 24.9 Å². The number of hydrogen-bond acceptors (Lipinski definition) is 8. The van der Waals surface area contributed by atoms with Crippen molar-refractivity contribution in [1.29, 1.82) is 0 Å². The zero-order chi connectivity index (χ0) is 25.9. The van der Waals surface area contributed by atoms with Gasteiger partial charge in [-0.2, -0.15) is 10.2 Å².